The zero-order valence-electron chi connectivity index (χ0n) is 12.9. The molecule has 0 bridgehead atoms. The number of carbonyl (C=O) groups excluding carboxylic acids is 1. The van der Waals surface area contributed by atoms with E-state index in [1.165, 1.54) is 17.0 Å². The highest BCUT2D eigenvalue weighted by atomic mass is 16.6. The molecule has 0 heterocycles. The normalized spacial score (nSPS) is 16.0. The highest BCUT2D eigenvalue weighted by molar-refractivity contribution is 5.83. The lowest BCUT2D eigenvalue weighted by Gasteiger charge is -2.32. The van der Waals surface area contributed by atoms with Crippen LogP contribution in [0.5, 0.6) is 5.75 Å². The summed E-state index contributed by atoms with van der Waals surface area (Å²) >= 11 is 0. The molecule has 2 N–H and O–H groups in total. The predicted molar refractivity (Wildman–Crippen MR) is 79.6 cm³/mol. The average molecular weight is 307 g/mol. The largest absolute Gasteiger partial charge is 0.508 e. The average Bonchev–Trinajstić information content (AvgIpc) is 3.18. The van der Waals surface area contributed by atoms with Crippen LogP contribution >= 0.6 is 0 Å². The Balaban J connectivity index is 2.37. The number of aliphatic carboxylic acids is 1. The molecule has 1 aliphatic rings. The quantitative estimate of drug-likeness (QED) is 0.893. The van der Waals surface area contributed by atoms with Gasteiger partial charge in [0.1, 0.15) is 11.4 Å². The van der Waals surface area contributed by atoms with Crippen molar-refractivity contribution in [2.24, 2.45) is 0 Å². The molecule has 0 radical (unpaired) electrons. The van der Waals surface area contributed by atoms with Crippen molar-refractivity contribution in [3.63, 3.8) is 0 Å². The van der Waals surface area contributed by atoms with Crippen LogP contribution in [0.15, 0.2) is 24.3 Å². The van der Waals surface area contributed by atoms with Crippen LogP contribution in [-0.2, 0) is 9.53 Å². The summed E-state index contributed by atoms with van der Waals surface area (Å²) in [7, 11) is 0. The van der Waals surface area contributed by atoms with Crippen molar-refractivity contribution in [2.75, 3.05) is 0 Å². The first-order chi connectivity index (χ1) is 10.2. The van der Waals surface area contributed by atoms with Crippen LogP contribution in [0, 0.1) is 0 Å². The minimum Gasteiger partial charge on any atom is -0.508 e. The van der Waals surface area contributed by atoms with Gasteiger partial charge in [-0.05, 0) is 39.7 Å². The van der Waals surface area contributed by atoms with E-state index in [1.54, 1.807) is 32.9 Å². The van der Waals surface area contributed by atoms with Crippen molar-refractivity contribution in [1.82, 2.24) is 4.90 Å². The molecule has 120 valence electrons. The fourth-order valence-corrected chi connectivity index (χ4v) is 2.25. The molecule has 0 saturated heterocycles. The van der Waals surface area contributed by atoms with Crippen molar-refractivity contribution in [3.05, 3.63) is 29.8 Å². The number of carboxylic acids is 1. The number of rotatable bonds is 4. The van der Waals surface area contributed by atoms with Crippen molar-refractivity contribution < 1.29 is 24.5 Å². The molecule has 1 amide bonds. The molecule has 1 aliphatic carbocycles. The van der Waals surface area contributed by atoms with Gasteiger partial charge in [-0.3, -0.25) is 4.90 Å². The first-order valence-electron chi connectivity index (χ1n) is 7.22. The van der Waals surface area contributed by atoms with E-state index in [-0.39, 0.29) is 17.4 Å². The van der Waals surface area contributed by atoms with Crippen LogP contribution in [0.3, 0.4) is 0 Å². The molecule has 0 aliphatic heterocycles. The first-order valence-corrected chi connectivity index (χ1v) is 7.22. The maximum Gasteiger partial charge on any atom is 0.411 e. The predicted octanol–water partition coefficient (Wildman–Crippen LogP) is 2.92. The highest BCUT2D eigenvalue weighted by Crippen LogP contribution is 2.38. The zero-order valence-corrected chi connectivity index (χ0v) is 12.9. The summed E-state index contributed by atoms with van der Waals surface area (Å²) in [4.78, 5) is 25.4. The Bertz CT molecular complexity index is 574. The van der Waals surface area contributed by atoms with Crippen molar-refractivity contribution in [3.8, 4) is 5.75 Å². The third-order valence-electron chi connectivity index (χ3n) is 3.29. The molecule has 1 fully saturated rings. The number of hydrogen-bond acceptors (Lipinski definition) is 4. The summed E-state index contributed by atoms with van der Waals surface area (Å²) in [5.41, 5.74) is -0.529. The maximum absolute atomic E-state index is 12.4. The van der Waals surface area contributed by atoms with Crippen LogP contribution in [0.25, 0.3) is 0 Å². The molecule has 6 heteroatoms. The van der Waals surface area contributed by atoms with Gasteiger partial charge in [-0.1, -0.05) is 18.2 Å². The Kier molecular flexibility index (Phi) is 4.30. The van der Waals surface area contributed by atoms with Crippen LogP contribution < -0.4 is 0 Å². The number of benzene rings is 1. The van der Waals surface area contributed by atoms with Crippen molar-refractivity contribution >= 4 is 12.1 Å². The van der Waals surface area contributed by atoms with Crippen LogP contribution in [0.2, 0.25) is 0 Å². The molecule has 0 aromatic heterocycles. The topological polar surface area (TPSA) is 87.1 Å². The summed E-state index contributed by atoms with van der Waals surface area (Å²) in [6.45, 7) is 5.18. The van der Waals surface area contributed by atoms with E-state index in [4.69, 9.17) is 4.74 Å². The van der Waals surface area contributed by atoms with Gasteiger partial charge in [0.05, 0.1) is 0 Å². The number of amides is 1. The molecule has 1 atom stereocenters. The number of para-hydroxylation sites is 1. The molecule has 2 rings (SSSR count). The number of phenolic OH excluding ortho intramolecular Hbond substituents is 1. The third-order valence-corrected chi connectivity index (χ3v) is 3.29. The number of phenols is 1. The van der Waals surface area contributed by atoms with Gasteiger partial charge in [-0.2, -0.15) is 0 Å². The van der Waals surface area contributed by atoms with Crippen LogP contribution in [0.4, 0.5) is 4.79 Å². The summed E-state index contributed by atoms with van der Waals surface area (Å²) < 4.78 is 5.34. The molecule has 1 saturated carbocycles. The molecular formula is C16H21NO5. The van der Waals surface area contributed by atoms with Gasteiger partial charge >= 0.3 is 12.1 Å². The molecule has 1 aromatic rings. The fourth-order valence-electron chi connectivity index (χ4n) is 2.25. The lowest BCUT2D eigenvalue weighted by molar-refractivity contribution is -0.143. The van der Waals surface area contributed by atoms with Gasteiger partial charge in [0.2, 0.25) is 0 Å². The Morgan fingerprint density at radius 2 is 1.86 bits per heavy atom. The van der Waals surface area contributed by atoms with E-state index < -0.39 is 23.7 Å². The van der Waals surface area contributed by atoms with Gasteiger partial charge in [0, 0.05) is 11.6 Å². The summed E-state index contributed by atoms with van der Waals surface area (Å²) in [5.74, 6) is -1.34. The summed E-state index contributed by atoms with van der Waals surface area (Å²) in [5, 5.41) is 19.5. The minimum absolute atomic E-state index is 0.149. The lowest BCUT2D eigenvalue weighted by atomic mass is 10.0. The van der Waals surface area contributed by atoms with E-state index in [2.05, 4.69) is 0 Å². The Morgan fingerprint density at radius 1 is 1.27 bits per heavy atom. The fraction of sp³-hybridized carbons (Fsp3) is 0.500. The van der Waals surface area contributed by atoms with Gasteiger partial charge in [-0.15, -0.1) is 0 Å². The third kappa shape index (κ3) is 3.69. The number of ether oxygens (including phenoxy) is 1. The van der Waals surface area contributed by atoms with E-state index in [9.17, 15) is 19.8 Å². The standard InChI is InChI=1S/C16H21NO5/c1-16(2,3)22-15(21)17(10-8-9-10)13(14(19)20)11-6-4-5-7-12(11)18/h4-7,10,13,18H,8-9H2,1-3H3,(H,19,20). The smallest absolute Gasteiger partial charge is 0.411 e. The second-order valence-electron chi connectivity index (χ2n) is 6.42. The molecule has 0 spiro atoms. The zero-order chi connectivity index (χ0) is 16.5. The molecule has 22 heavy (non-hydrogen) atoms. The van der Waals surface area contributed by atoms with Crippen LogP contribution in [0.1, 0.15) is 45.2 Å². The van der Waals surface area contributed by atoms with Gasteiger partial charge in [0.15, 0.2) is 6.04 Å². The number of hydrogen-bond donors (Lipinski definition) is 2. The van der Waals surface area contributed by atoms with Crippen molar-refractivity contribution in [2.45, 2.75) is 51.3 Å². The second-order valence-corrected chi connectivity index (χ2v) is 6.42. The van der Waals surface area contributed by atoms with E-state index in [1.807, 2.05) is 0 Å². The van der Waals surface area contributed by atoms with E-state index in [0.717, 1.165) is 12.8 Å². The van der Waals surface area contributed by atoms with E-state index >= 15 is 0 Å². The Morgan fingerprint density at radius 3 is 2.32 bits per heavy atom. The molecular weight excluding hydrogens is 286 g/mol. The molecule has 6 nitrogen and oxygen atoms in total. The minimum atomic E-state index is -1.26. The second kappa shape index (κ2) is 5.87. The van der Waals surface area contributed by atoms with E-state index in [0.29, 0.717) is 0 Å². The lowest BCUT2D eigenvalue weighted by Crippen LogP contribution is -2.43. The highest BCUT2D eigenvalue weighted by Gasteiger charge is 2.44. The number of carbonyl (C=O) groups is 2. The Hall–Kier alpha value is -2.24. The number of nitrogens with zero attached hydrogens (tertiary/aromatic N) is 1. The van der Waals surface area contributed by atoms with Gasteiger partial charge in [-0.25, -0.2) is 9.59 Å². The molecule has 1 aromatic carbocycles. The monoisotopic (exact) mass is 307 g/mol. The summed E-state index contributed by atoms with van der Waals surface area (Å²) in [6, 6.07) is 4.72. The van der Waals surface area contributed by atoms with Crippen molar-refractivity contribution in [1.29, 1.82) is 0 Å². The molecule has 1 unspecified atom stereocenters. The van der Waals surface area contributed by atoms with Crippen LogP contribution in [-0.4, -0.2) is 38.8 Å². The Labute approximate surface area is 129 Å². The maximum atomic E-state index is 12.4. The number of carboxylic acid groups (broad SMARTS) is 1. The van der Waals surface area contributed by atoms with Gasteiger partial charge < -0.3 is 14.9 Å². The van der Waals surface area contributed by atoms with Gasteiger partial charge in [0.25, 0.3) is 0 Å². The SMILES string of the molecule is CC(C)(C)OC(=O)N(C1CC1)C(C(=O)O)c1ccccc1O. The summed E-state index contributed by atoms with van der Waals surface area (Å²) in [6.07, 6.45) is 0.790. The first kappa shape index (κ1) is 16.1. The number of aromatic hydroxyl groups is 1.